The van der Waals surface area contributed by atoms with E-state index in [-0.39, 0.29) is 0 Å². The summed E-state index contributed by atoms with van der Waals surface area (Å²) in [4.78, 5) is 13.5. The van der Waals surface area contributed by atoms with Gasteiger partial charge < -0.3 is 10.1 Å². The lowest BCUT2D eigenvalue weighted by Crippen LogP contribution is -2.02. The molecule has 0 bridgehead atoms. The van der Waals surface area contributed by atoms with Crippen LogP contribution in [0.2, 0.25) is 0 Å². The van der Waals surface area contributed by atoms with Gasteiger partial charge in [0.1, 0.15) is 0 Å². The van der Waals surface area contributed by atoms with Crippen molar-refractivity contribution in [3.05, 3.63) is 28.7 Å². The first kappa shape index (κ1) is 13.1. The molecule has 18 heavy (non-hydrogen) atoms. The first-order chi connectivity index (χ1) is 8.71. The summed E-state index contributed by atoms with van der Waals surface area (Å²) in [5.74, 6) is 0.486. The lowest BCUT2D eigenvalue weighted by molar-refractivity contribution is 0.374. The Morgan fingerprint density at radius 2 is 2.11 bits per heavy atom. The molecule has 1 N–H and O–H groups in total. The summed E-state index contributed by atoms with van der Waals surface area (Å²) in [6, 6.07) is 8.22. The van der Waals surface area contributed by atoms with E-state index in [1.54, 1.807) is 7.05 Å². The third-order valence-corrected chi connectivity index (χ3v) is 3.35. The van der Waals surface area contributed by atoms with E-state index in [0.29, 0.717) is 17.1 Å². The number of aromatic nitrogens is 3. The Labute approximate surface area is 118 Å². The maximum atomic E-state index is 5.03. The van der Waals surface area contributed by atoms with Crippen molar-refractivity contribution in [3.63, 3.8) is 0 Å². The molecule has 0 fully saturated rings. The molecule has 0 amide bonds. The van der Waals surface area contributed by atoms with Crippen LogP contribution in [-0.2, 0) is 0 Å². The van der Waals surface area contributed by atoms with Crippen molar-refractivity contribution in [1.82, 2.24) is 15.0 Å². The van der Waals surface area contributed by atoms with Gasteiger partial charge in [0.2, 0.25) is 11.1 Å². The van der Waals surface area contributed by atoms with Gasteiger partial charge in [-0.2, -0.15) is 15.0 Å². The predicted molar refractivity (Wildman–Crippen MR) is 74.2 cm³/mol. The second-order valence-corrected chi connectivity index (χ2v) is 5.19. The Hall–Kier alpha value is -1.34. The van der Waals surface area contributed by atoms with Gasteiger partial charge in [-0.3, -0.25) is 0 Å². The van der Waals surface area contributed by atoms with Crippen LogP contribution in [0, 0.1) is 0 Å². The van der Waals surface area contributed by atoms with Crippen molar-refractivity contribution in [3.8, 4) is 6.01 Å². The smallest absolute Gasteiger partial charge is 0.321 e. The third kappa shape index (κ3) is 3.33. The second-order valence-electron chi connectivity index (χ2n) is 3.24. The number of rotatable bonds is 4. The number of methoxy groups -OCH3 is 1. The maximum Gasteiger partial charge on any atom is 0.321 e. The molecule has 0 atom stereocenters. The minimum absolute atomic E-state index is 0.298. The van der Waals surface area contributed by atoms with E-state index in [2.05, 4.69) is 36.2 Å². The molecule has 0 aliphatic rings. The number of ether oxygens (including phenoxy) is 1. The molecule has 7 heteroatoms. The van der Waals surface area contributed by atoms with E-state index in [4.69, 9.17) is 4.74 Å². The molecular weight excluding hydrogens is 316 g/mol. The lowest BCUT2D eigenvalue weighted by Gasteiger charge is -2.05. The van der Waals surface area contributed by atoms with Gasteiger partial charge in [0.15, 0.2) is 0 Å². The van der Waals surface area contributed by atoms with Crippen molar-refractivity contribution in [2.75, 3.05) is 19.5 Å². The highest BCUT2D eigenvalue weighted by Gasteiger charge is 2.07. The molecule has 1 aromatic heterocycles. The molecule has 2 rings (SSSR count). The van der Waals surface area contributed by atoms with Crippen molar-refractivity contribution in [2.45, 2.75) is 10.1 Å². The van der Waals surface area contributed by atoms with Crippen LogP contribution in [0.5, 0.6) is 6.01 Å². The second kappa shape index (κ2) is 6.01. The normalized spacial score (nSPS) is 10.2. The van der Waals surface area contributed by atoms with Gasteiger partial charge >= 0.3 is 6.01 Å². The van der Waals surface area contributed by atoms with Crippen LogP contribution in [0.1, 0.15) is 0 Å². The van der Waals surface area contributed by atoms with E-state index in [9.17, 15) is 0 Å². The molecule has 1 heterocycles. The van der Waals surface area contributed by atoms with E-state index in [1.165, 1.54) is 18.9 Å². The number of benzene rings is 1. The molecule has 2 aromatic rings. The molecular formula is C11H11BrN4OS. The summed E-state index contributed by atoms with van der Waals surface area (Å²) in [5, 5.41) is 3.46. The first-order valence-electron chi connectivity index (χ1n) is 5.12. The zero-order valence-corrected chi connectivity index (χ0v) is 12.2. The van der Waals surface area contributed by atoms with Crippen LogP contribution in [-0.4, -0.2) is 29.1 Å². The molecule has 0 radical (unpaired) electrons. The minimum atomic E-state index is 0.298. The van der Waals surface area contributed by atoms with Crippen LogP contribution in [0.4, 0.5) is 5.95 Å². The SMILES string of the molecule is CNc1nc(OC)nc(Sc2cccc(Br)c2)n1. The zero-order chi connectivity index (χ0) is 13.0. The van der Waals surface area contributed by atoms with Crippen LogP contribution >= 0.6 is 27.7 Å². The van der Waals surface area contributed by atoms with E-state index in [1.807, 2.05) is 24.3 Å². The average molecular weight is 327 g/mol. The zero-order valence-electron chi connectivity index (χ0n) is 9.85. The summed E-state index contributed by atoms with van der Waals surface area (Å²) in [7, 11) is 3.28. The molecule has 5 nitrogen and oxygen atoms in total. The van der Waals surface area contributed by atoms with Crippen LogP contribution < -0.4 is 10.1 Å². The van der Waals surface area contributed by atoms with Gasteiger partial charge in [-0.05, 0) is 30.0 Å². The highest BCUT2D eigenvalue weighted by atomic mass is 79.9. The van der Waals surface area contributed by atoms with Gasteiger partial charge in [-0.25, -0.2) is 0 Å². The summed E-state index contributed by atoms with van der Waals surface area (Å²) in [5.41, 5.74) is 0. The number of nitrogens with one attached hydrogen (secondary N) is 1. The fourth-order valence-electron chi connectivity index (χ4n) is 1.22. The summed E-state index contributed by atoms with van der Waals surface area (Å²) in [6.45, 7) is 0. The van der Waals surface area contributed by atoms with Crippen molar-refractivity contribution < 1.29 is 4.74 Å². The highest BCUT2D eigenvalue weighted by Crippen LogP contribution is 2.28. The van der Waals surface area contributed by atoms with Crippen LogP contribution in [0.15, 0.2) is 38.8 Å². The molecule has 0 spiro atoms. The molecule has 0 saturated heterocycles. The average Bonchev–Trinajstić information content (AvgIpc) is 2.38. The van der Waals surface area contributed by atoms with Crippen molar-refractivity contribution in [1.29, 1.82) is 0 Å². The van der Waals surface area contributed by atoms with Gasteiger partial charge in [0, 0.05) is 16.4 Å². The van der Waals surface area contributed by atoms with Gasteiger partial charge in [-0.15, -0.1) is 0 Å². The van der Waals surface area contributed by atoms with Gasteiger partial charge in [0.05, 0.1) is 7.11 Å². The molecule has 0 unspecified atom stereocenters. The van der Waals surface area contributed by atoms with Crippen LogP contribution in [0.3, 0.4) is 0 Å². The van der Waals surface area contributed by atoms with Crippen molar-refractivity contribution in [2.24, 2.45) is 0 Å². The first-order valence-corrected chi connectivity index (χ1v) is 6.73. The molecule has 0 saturated carbocycles. The van der Waals surface area contributed by atoms with E-state index < -0.39 is 0 Å². The topological polar surface area (TPSA) is 59.9 Å². The minimum Gasteiger partial charge on any atom is -0.467 e. The summed E-state index contributed by atoms with van der Waals surface area (Å²) >= 11 is 4.88. The Kier molecular flexibility index (Phi) is 4.38. The number of hydrogen-bond donors (Lipinski definition) is 1. The predicted octanol–water partition coefficient (Wildman–Crippen LogP) is 2.84. The molecule has 0 aliphatic carbocycles. The molecule has 1 aromatic carbocycles. The number of nitrogens with zero attached hydrogens (tertiary/aromatic N) is 3. The largest absolute Gasteiger partial charge is 0.467 e. The van der Waals surface area contributed by atoms with Gasteiger partial charge in [-0.1, -0.05) is 22.0 Å². The number of hydrogen-bond acceptors (Lipinski definition) is 6. The van der Waals surface area contributed by atoms with E-state index >= 15 is 0 Å². The monoisotopic (exact) mass is 326 g/mol. The molecule has 94 valence electrons. The summed E-state index contributed by atoms with van der Waals surface area (Å²) in [6.07, 6.45) is 0. The fourth-order valence-corrected chi connectivity index (χ4v) is 2.57. The Morgan fingerprint density at radius 1 is 1.28 bits per heavy atom. The quantitative estimate of drug-likeness (QED) is 0.932. The highest BCUT2D eigenvalue weighted by molar-refractivity contribution is 9.10. The fraction of sp³-hybridized carbons (Fsp3) is 0.182. The van der Waals surface area contributed by atoms with E-state index in [0.717, 1.165) is 9.37 Å². The van der Waals surface area contributed by atoms with Crippen molar-refractivity contribution >= 4 is 33.6 Å². The van der Waals surface area contributed by atoms with Crippen LogP contribution in [0.25, 0.3) is 0 Å². The Morgan fingerprint density at radius 3 is 2.78 bits per heavy atom. The Bertz CT molecular complexity index is 530. The maximum absolute atomic E-state index is 5.03. The summed E-state index contributed by atoms with van der Waals surface area (Å²) < 4.78 is 6.05. The number of anilines is 1. The molecule has 0 aliphatic heterocycles. The third-order valence-electron chi connectivity index (χ3n) is 2.01. The van der Waals surface area contributed by atoms with Gasteiger partial charge in [0.25, 0.3) is 0 Å². The lowest BCUT2D eigenvalue weighted by atomic mass is 10.4. The number of halogens is 1. The Balaban J connectivity index is 2.28. The standard InChI is InChI=1S/C11H11BrN4OS/c1-13-9-14-10(17-2)16-11(15-9)18-8-5-3-4-7(12)6-8/h3-6H,1-2H3,(H,13,14,15,16).